The number of hydrogen-bond donors (Lipinski definition) is 1. The van der Waals surface area contributed by atoms with E-state index in [4.69, 9.17) is 9.29 Å². The highest BCUT2D eigenvalue weighted by molar-refractivity contribution is 9.10. The summed E-state index contributed by atoms with van der Waals surface area (Å²) in [5.41, 5.74) is -0.645. The van der Waals surface area contributed by atoms with E-state index in [-0.39, 0.29) is 11.8 Å². The minimum Gasteiger partial charge on any atom is -0.472 e. The molecule has 1 aliphatic heterocycles. The van der Waals surface area contributed by atoms with Crippen LogP contribution in [0.4, 0.5) is 0 Å². The van der Waals surface area contributed by atoms with Crippen molar-refractivity contribution < 1.29 is 17.7 Å². The van der Waals surface area contributed by atoms with Crippen molar-refractivity contribution >= 4 is 26.0 Å². The van der Waals surface area contributed by atoms with E-state index in [1.807, 2.05) is 19.9 Å². The number of hydrogen-bond acceptors (Lipinski definition) is 3. The lowest BCUT2D eigenvalue weighted by molar-refractivity contribution is 0.184. The van der Waals surface area contributed by atoms with E-state index in [1.165, 1.54) is 0 Å². The normalized spacial score (nSPS) is 22.7. The number of ether oxygens (including phenoxy) is 1. The van der Waals surface area contributed by atoms with Crippen molar-refractivity contribution in [1.29, 1.82) is 0 Å². The smallest absolute Gasteiger partial charge is 0.303 e. The highest BCUT2D eigenvalue weighted by atomic mass is 79.9. The van der Waals surface area contributed by atoms with Crippen molar-refractivity contribution in [3.8, 4) is 5.75 Å². The number of fused-ring (bicyclic) bond motifs is 1. The molecule has 0 spiro atoms. The molecule has 0 aliphatic carbocycles. The van der Waals surface area contributed by atoms with Crippen LogP contribution < -0.4 is 4.74 Å². The molecule has 0 bridgehead atoms. The maximum absolute atomic E-state index is 11.2. The molecule has 2 rings (SSSR count). The first kappa shape index (κ1) is 12.9. The fourth-order valence-corrected chi connectivity index (χ4v) is 3.86. The van der Waals surface area contributed by atoms with Gasteiger partial charge in [-0.2, -0.15) is 8.42 Å². The first-order valence-electron chi connectivity index (χ1n) is 5.14. The Morgan fingerprint density at radius 1 is 1.47 bits per heavy atom. The first-order valence-corrected chi connectivity index (χ1v) is 7.43. The van der Waals surface area contributed by atoms with Crippen LogP contribution in [-0.4, -0.2) is 18.4 Å². The second-order valence-electron chi connectivity index (χ2n) is 4.76. The van der Waals surface area contributed by atoms with E-state index >= 15 is 0 Å². The molecular formula is C11H13BrO4S. The molecule has 0 saturated heterocycles. The summed E-state index contributed by atoms with van der Waals surface area (Å²) in [6.07, 6.45) is 0.224. The summed E-state index contributed by atoms with van der Waals surface area (Å²) in [5, 5.41) is 0. The number of halogens is 1. The van der Waals surface area contributed by atoms with Crippen molar-refractivity contribution in [3.05, 3.63) is 28.2 Å². The zero-order chi connectivity index (χ0) is 12.8. The fraction of sp³-hybridized carbons (Fsp3) is 0.455. The zero-order valence-electron chi connectivity index (χ0n) is 9.47. The molecule has 1 heterocycles. The van der Waals surface area contributed by atoms with E-state index in [9.17, 15) is 8.42 Å². The summed E-state index contributed by atoms with van der Waals surface area (Å²) in [7, 11) is -4.19. The van der Waals surface area contributed by atoms with Crippen molar-refractivity contribution in [3.63, 3.8) is 0 Å². The molecule has 1 N–H and O–H groups in total. The molecule has 94 valence electrons. The third-order valence-electron chi connectivity index (χ3n) is 2.92. The van der Waals surface area contributed by atoms with E-state index in [1.54, 1.807) is 12.1 Å². The van der Waals surface area contributed by atoms with Gasteiger partial charge in [0.25, 0.3) is 0 Å². The van der Waals surface area contributed by atoms with Gasteiger partial charge in [0.15, 0.2) is 0 Å². The molecule has 6 heteroatoms. The maximum Gasteiger partial charge on any atom is 0.303 e. The molecular weight excluding hydrogens is 308 g/mol. The monoisotopic (exact) mass is 320 g/mol. The molecule has 1 aliphatic rings. The van der Waals surface area contributed by atoms with E-state index in [2.05, 4.69) is 15.9 Å². The molecule has 4 nitrogen and oxygen atoms in total. The number of rotatable bonds is 1. The molecule has 1 aromatic carbocycles. The van der Waals surface area contributed by atoms with Crippen LogP contribution in [0.5, 0.6) is 5.75 Å². The van der Waals surface area contributed by atoms with Crippen LogP contribution in [0.2, 0.25) is 0 Å². The lowest BCUT2D eigenvalue weighted by Gasteiger charge is -2.36. The summed E-state index contributed by atoms with van der Waals surface area (Å²) >= 11 is 3.44. The first-order chi connectivity index (χ1) is 7.72. The summed E-state index contributed by atoms with van der Waals surface area (Å²) in [6.45, 7) is 3.86. The molecule has 0 amide bonds. The van der Waals surface area contributed by atoms with Gasteiger partial charge in [-0.25, -0.2) is 0 Å². The van der Waals surface area contributed by atoms with E-state index in [0.717, 1.165) is 10.0 Å². The highest BCUT2D eigenvalue weighted by Gasteiger charge is 2.41. The summed E-state index contributed by atoms with van der Waals surface area (Å²) < 4.78 is 37.7. The van der Waals surface area contributed by atoms with Gasteiger partial charge in [-0.15, -0.1) is 0 Å². The van der Waals surface area contributed by atoms with Gasteiger partial charge < -0.3 is 4.74 Å². The largest absolute Gasteiger partial charge is 0.472 e. The van der Waals surface area contributed by atoms with Crippen LogP contribution in [-0.2, 0) is 15.5 Å². The molecule has 17 heavy (non-hydrogen) atoms. The van der Waals surface area contributed by atoms with Crippen LogP contribution in [0, 0.1) is 0 Å². The average molecular weight is 321 g/mol. The van der Waals surface area contributed by atoms with Gasteiger partial charge in [0.2, 0.25) is 5.44 Å². The van der Waals surface area contributed by atoms with Gasteiger partial charge in [-0.3, -0.25) is 4.55 Å². The van der Waals surface area contributed by atoms with Crippen LogP contribution in [0.3, 0.4) is 0 Å². The number of benzene rings is 1. The Hall–Kier alpha value is -0.590. The van der Waals surface area contributed by atoms with Gasteiger partial charge in [0.1, 0.15) is 5.75 Å². The van der Waals surface area contributed by atoms with Crippen LogP contribution in [0.15, 0.2) is 22.7 Å². The molecule has 1 atom stereocenters. The van der Waals surface area contributed by atoms with E-state index in [0.29, 0.717) is 5.75 Å². The maximum atomic E-state index is 11.2. The highest BCUT2D eigenvalue weighted by Crippen LogP contribution is 2.45. The third-order valence-corrected chi connectivity index (χ3v) is 4.51. The Morgan fingerprint density at radius 3 is 2.71 bits per heavy atom. The second kappa shape index (κ2) is 3.96. The lowest BCUT2D eigenvalue weighted by Crippen LogP contribution is -2.39. The molecule has 0 saturated carbocycles. The molecule has 1 aromatic rings. The quantitative estimate of drug-likeness (QED) is 0.808. The minimum absolute atomic E-state index is 0.224. The lowest BCUT2D eigenvalue weighted by atomic mass is 9.80. The van der Waals surface area contributed by atoms with Gasteiger partial charge in [-0.05, 0) is 17.5 Å². The summed E-state index contributed by atoms with van der Waals surface area (Å²) in [4.78, 5) is 0. The van der Waals surface area contributed by atoms with Gasteiger partial charge >= 0.3 is 10.1 Å². The van der Waals surface area contributed by atoms with E-state index < -0.39 is 15.6 Å². The Kier molecular flexibility index (Phi) is 3.00. The standard InChI is InChI=1S/C11H13BrO4S/c1-11(2)6-9(17(13,14)15)16-8-5-3-4-7(12)10(8)11/h3-5,9H,6H2,1-2H3,(H,13,14,15). The van der Waals surface area contributed by atoms with Gasteiger partial charge in [0.05, 0.1) is 0 Å². The van der Waals surface area contributed by atoms with Crippen molar-refractivity contribution in [2.45, 2.75) is 31.1 Å². The predicted octanol–water partition coefficient (Wildman–Crippen LogP) is 2.72. The van der Waals surface area contributed by atoms with Crippen LogP contribution >= 0.6 is 15.9 Å². The Balaban J connectivity index is 2.56. The van der Waals surface area contributed by atoms with Gasteiger partial charge in [-0.1, -0.05) is 35.8 Å². The Morgan fingerprint density at radius 2 is 2.12 bits per heavy atom. The Bertz CT molecular complexity index is 551. The van der Waals surface area contributed by atoms with Gasteiger partial charge in [0, 0.05) is 16.5 Å². The zero-order valence-corrected chi connectivity index (χ0v) is 11.9. The van der Waals surface area contributed by atoms with Crippen molar-refractivity contribution in [2.24, 2.45) is 0 Å². The van der Waals surface area contributed by atoms with Crippen LogP contribution in [0.1, 0.15) is 25.8 Å². The van der Waals surface area contributed by atoms with Crippen molar-refractivity contribution in [2.75, 3.05) is 0 Å². The van der Waals surface area contributed by atoms with Crippen LogP contribution in [0.25, 0.3) is 0 Å². The predicted molar refractivity (Wildman–Crippen MR) is 67.7 cm³/mol. The molecule has 0 fully saturated rings. The Labute approximate surface area is 109 Å². The molecule has 1 unspecified atom stereocenters. The average Bonchev–Trinajstić information content (AvgIpc) is 2.14. The summed E-state index contributed by atoms with van der Waals surface area (Å²) in [5.74, 6) is 0.498. The SMILES string of the molecule is CC1(C)CC(S(=O)(=O)O)Oc2cccc(Br)c21. The third kappa shape index (κ3) is 2.34. The minimum atomic E-state index is -4.19. The molecule has 0 aromatic heterocycles. The molecule has 0 radical (unpaired) electrons. The topological polar surface area (TPSA) is 63.6 Å². The second-order valence-corrected chi connectivity index (χ2v) is 7.17. The summed E-state index contributed by atoms with van der Waals surface area (Å²) in [6, 6.07) is 5.36. The fourth-order valence-electron chi connectivity index (χ4n) is 2.13. The van der Waals surface area contributed by atoms with Crippen molar-refractivity contribution in [1.82, 2.24) is 0 Å².